The molecule has 1 aromatic heterocycles. The second-order valence-electron chi connectivity index (χ2n) is 5.92. The summed E-state index contributed by atoms with van der Waals surface area (Å²) in [5, 5.41) is 2.83. The molecule has 8 heteroatoms. The van der Waals surface area contributed by atoms with Crippen LogP contribution in [0.4, 0.5) is 0 Å². The van der Waals surface area contributed by atoms with E-state index in [1.54, 1.807) is 37.4 Å². The SMILES string of the molecule is COc1ccc(-c2cc(C(=O)NCCN3CCOCC3)[nH]c(=O)n2)cc1. The van der Waals surface area contributed by atoms with Gasteiger partial charge in [-0.2, -0.15) is 4.98 Å². The number of hydrogen-bond acceptors (Lipinski definition) is 6. The molecule has 3 rings (SSSR count). The van der Waals surface area contributed by atoms with E-state index in [9.17, 15) is 9.59 Å². The first-order valence-corrected chi connectivity index (χ1v) is 8.50. The summed E-state index contributed by atoms with van der Waals surface area (Å²) in [6, 6.07) is 8.72. The fourth-order valence-corrected chi connectivity index (χ4v) is 2.74. The van der Waals surface area contributed by atoms with Gasteiger partial charge in [0.1, 0.15) is 11.4 Å². The minimum absolute atomic E-state index is 0.192. The highest BCUT2D eigenvalue weighted by Crippen LogP contribution is 2.20. The molecule has 2 aromatic rings. The molecule has 1 aromatic carbocycles. The Labute approximate surface area is 151 Å². The third-order valence-electron chi connectivity index (χ3n) is 4.19. The molecule has 2 N–H and O–H groups in total. The van der Waals surface area contributed by atoms with Gasteiger partial charge in [0, 0.05) is 31.7 Å². The first-order valence-electron chi connectivity index (χ1n) is 8.50. The molecule has 8 nitrogen and oxygen atoms in total. The number of hydrogen-bond donors (Lipinski definition) is 2. The van der Waals surface area contributed by atoms with Gasteiger partial charge in [-0.3, -0.25) is 9.69 Å². The van der Waals surface area contributed by atoms with Gasteiger partial charge in [0.15, 0.2) is 0 Å². The molecule has 1 amide bonds. The molecule has 0 unspecified atom stereocenters. The van der Waals surface area contributed by atoms with Crippen LogP contribution in [0.3, 0.4) is 0 Å². The summed E-state index contributed by atoms with van der Waals surface area (Å²) in [4.78, 5) is 32.8. The number of morpholine rings is 1. The van der Waals surface area contributed by atoms with Gasteiger partial charge >= 0.3 is 5.69 Å². The monoisotopic (exact) mass is 358 g/mol. The number of aromatic nitrogens is 2. The van der Waals surface area contributed by atoms with E-state index in [-0.39, 0.29) is 11.6 Å². The van der Waals surface area contributed by atoms with Crippen LogP contribution >= 0.6 is 0 Å². The number of ether oxygens (including phenoxy) is 2. The second-order valence-corrected chi connectivity index (χ2v) is 5.92. The van der Waals surface area contributed by atoms with Crippen LogP contribution < -0.4 is 15.7 Å². The summed E-state index contributed by atoms with van der Waals surface area (Å²) >= 11 is 0. The Morgan fingerprint density at radius 1 is 1.31 bits per heavy atom. The van der Waals surface area contributed by atoms with Crippen LogP contribution in [0.1, 0.15) is 10.5 Å². The minimum Gasteiger partial charge on any atom is -0.497 e. The molecule has 1 aliphatic rings. The Morgan fingerprint density at radius 3 is 2.73 bits per heavy atom. The maximum Gasteiger partial charge on any atom is 0.346 e. The van der Waals surface area contributed by atoms with E-state index in [0.29, 0.717) is 18.0 Å². The number of benzene rings is 1. The topological polar surface area (TPSA) is 96.5 Å². The van der Waals surface area contributed by atoms with Crippen LogP contribution in [0.5, 0.6) is 5.75 Å². The van der Waals surface area contributed by atoms with Crippen molar-refractivity contribution in [3.63, 3.8) is 0 Å². The maximum absolute atomic E-state index is 12.4. The van der Waals surface area contributed by atoms with Crippen molar-refractivity contribution in [3.8, 4) is 17.0 Å². The zero-order chi connectivity index (χ0) is 18.4. The quantitative estimate of drug-likeness (QED) is 0.781. The van der Waals surface area contributed by atoms with E-state index in [2.05, 4.69) is 20.2 Å². The van der Waals surface area contributed by atoms with Crippen LogP contribution in [0.25, 0.3) is 11.3 Å². The van der Waals surface area contributed by atoms with Crippen molar-refractivity contribution >= 4 is 5.91 Å². The largest absolute Gasteiger partial charge is 0.497 e. The average molecular weight is 358 g/mol. The van der Waals surface area contributed by atoms with Gasteiger partial charge in [-0.15, -0.1) is 0 Å². The van der Waals surface area contributed by atoms with E-state index in [0.717, 1.165) is 38.4 Å². The minimum atomic E-state index is -0.559. The predicted octanol–water partition coefficient (Wildman–Crippen LogP) is 0.508. The Bertz CT molecular complexity index is 798. The van der Waals surface area contributed by atoms with Gasteiger partial charge < -0.3 is 19.8 Å². The van der Waals surface area contributed by atoms with Crippen molar-refractivity contribution < 1.29 is 14.3 Å². The summed E-state index contributed by atoms with van der Waals surface area (Å²) in [5.74, 6) is 0.382. The summed E-state index contributed by atoms with van der Waals surface area (Å²) in [6.07, 6.45) is 0. The number of H-pyrrole nitrogens is 1. The van der Waals surface area contributed by atoms with Crippen molar-refractivity contribution in [1.29, 1.82) is 0 Å². The number of methoxy groups -OCH3 is 1. The molecule has 0 radical (unpaired) electrons. The van der Waals surface area contributed by atoms with Crippen LogP contribution in [-0.2, 0) is 4.74 Å². The fraction of sp³-hybridized carbons (Fsp3) is 0.389. The van der Waals surface area contributed by atoms with E-state index >= 15 is 0 Å². The van der Waals surface area contributed by atoms with E-state index < -0.39 is 5.69 Å². The number of nitrogens with one attached hydrogen (secondary N) is 2. The lowest BCUT2D eigenvalue weighted by atomic mass is 10.1. The van der Waals surface area contributed by atoms with Crippen LogP contribution in [0.2, 0.25) is 0 Å². The van der Waals surface area contributed by atoms with Gasteiger partial charge in [0.05, 0.1) is 26.0 Å². The molecule has 2 heterocycles. The predicted molar refractivity (Wildman–Crippen MR) is 96.4 cm³/mol. The van der Waals surface area contributed by atoms with E-state index in [1.807, 2.05) is 0 Å². The first kappa shape index (κ1) is 18.1. The number of carbonyl (C=O) groups is 1. The molecule has 1 saturated heterocycles. The first-order chi connectivity index (χ1) is 12.7. The lowest BCUT2D eigenvalue weighted by Gasteiger charge is -2.26. The summed E-state index contributed by atoms with van der Waals surface area (Å²) in [7, 11) is 1.58. The summed E-state index contributed by atoms with van der Waals surface area (Å²) in [5.41, 5.74) is 0.809. The standard InChI is InChI=1S/C18H22N4O4/c1-25-14-4-2-13(3-5-14)15-12-16(21-18(24)20-15)17(23)19-6-7-22-8-10-26-11-9-22/h2-5,12H,6-11H2,1H3,(H,19,23)(H,20,21,24). The number of carbonyl (C=O) groups excluding carboxylic acids is 1. The van der Waals surface area contributed by atoms with Gasteiger partial charge in [0.2, 0.25) is 0 Å². The molecule has 0 bridgehead atoms. The van der Waals surface area contributed by atoms with Crippen molar-refractivity contribution in [2.24, 2.45) is 0 Å². The molecule has 26 heavy (non-hydrogen) atoms. The summed E-state index contributed by atoms with van der Waals surface area (Å²) < 4.78 is 10.4. The maximum atomic E-state index is 12.4. The van der Waals surface area contributed by atoms with Crippen molar-refractivity contribution in [1.82, 2.24) is 20.2 Å². The van der Waals surface area contributed by atoms with Crippen molar-refractivity contribution in [3.05, 3.63) is 46.5 Å². The van der Waals surface area contributed by atoms with Crippen LogP contribution in [0.15, 0.2) is 35.1 Å². The summed E-state index contributed by atoms with van der Waals surface area (Å²) in [6.45, 7) is 4.41. The number of amides is 1. The van der Waals surface area contributed by atoms with Gasteiger partial charge in [-0.05, 0) is 30.3 Å². The second kappa shape index (κ2) is 8.59. The third kappa shape index (κ3) is 4.68. The van der Waals surface area contributed by atoms with Gasteiger partial charge in [-0.25, -0.2) is 4.79 Å². The lowest BCUT2D eigenvalue weighted by molar-refractivity contribution is 0.0383. The van der Waals surface area contributed by atoms with E-state index in [4.69, 9.17) is 9.47 Å². The number of aromatic amines is 1. The molecule has 0 atom stereocenters. The molecule has 138 valence electrons. The Hall–Kier alpha value is -2.71. The molecule has 1 aliphatic heterocycles. The molecule has 0 saturated carbocycles. The molecule has 0 aliphatic carbocycles. The van der Waals surface area contributed by atoms with Crippen molar-refractivity contribution in [2.75, 3.05) is 46.5 Å². The van der Waals surface area contributed by atoms with Crippen LogP contribution in [0, 0.1) is 0 Å². The highest BCUT2D eigenvalue weighted by Gasteiger charge is 2.13. The highest BCUT2D eigenvalue weighted by molar-refractivity contribution is 5.93. The Balaban J connectivity index is 1.66. The Morgan fingerprint density at radius 2 is 2.04 bits per heavy atom. The molecule has 0 spiro atoms. The number of rotatable bonds is 6. The molecular weight excluding hydrogens is 336 g/mol. The fourth-order valence-electron chi connectivity index (χ4n) is 2.74. The lowest BCUT2D eigenvalue weighted by Crippen LogP contribution is -2.41. The van der Waals surface area contributed by atoms with E-state index in [1.165, 1.54) is 0 Å². The Kier molecular flexibility index (Phi) is 5.98. The van der Waals surface area contributed by atoms with Crippen LogP contribution in [-0.4, -0.2) is 67.3 Å². The number of nitrogens with zero attached hydrogens (tertiary/aromatic N) is 2. The smallest absolute Gasteiger partial charge is 0.346 e. The zero-order valence-corrected chi connectivity index (χ0v) is 14.7. The van der Waals surface area contributed by atoms with Gasteiger partial charge in [0.25, 0.3) is 5.91 Å². The molecule has 1 fully saturated rings. The van der Waals surface area contributed by atoms with Crippen molar-refractivity contribution in [2.45, 2.75) is 0 Å². The highest BCUT2D eigenvalue weighted by atomic mass is 16.5. The average Bonchev–Trinajstić information content (AvgIpc) is 2.68. The zero-order valence-electron chi connectivity index (χ0n) is 14.7. The molecular formula is C18H22N4O4. The third-order valence-corrected chi connectivity index (χ3v) is 4.19. The van der Waals surface area contributed by atoms with Gasteiger partial charge in [-0.1, -0.05) is 0 Å². The normalized spacial score (nSPS) is 14.8.